The molecule has 0 aromatic heterocycles. The van der Waals surface area contributed by atoms with Gasteiger partial charge in [-0.2, -0.15) is 0 Å². The Balaban J connectivity index is 2.86. The third-order valence-electron chi connectivity index (χ3n) is 1.36. The zero-order valence-electron chi connectivity index (χ0n) is 5.85. The van der Waals surface area contributed by atoms with Gasteiger partial charge in [0.2, 0.25) is 0 Å². The quantitative estimate of drug-likeness (QED) is 0.594. The summed E-state index contributed by atoms with van der Waals surface area (Å²) in [5.41, 5.74) is 0. The lowest BCUT2D eigenvalue weighted by molar-refractivity contribution is 0.228. The topological polar surface area (TPSA) is 20.2 Å². The normalized spacial score (nSPS) is 13.9. The van der Waals surface area contributed by atoms with Crippen LogP contribution in [0.1, 0.15) is 33.1 Å². The van der Waals surface area contributed by atoms with Gasteiger partial charge in [-0.1, -0.05) is 26.7 Å². The van der Waals surface area contributed by atoms with Crippen LogP contribution < -0.4 is 0 Å². The van der Waals surface area contributed by atoms with Crippen LogP contribution in [0.2, 0.25) is 0 Å². The van der Waals surface area contributed by atoms with Gasteiger partial charge in [-0.05, 0) is 12.3 Å². The lowest BCUT2D eigenvalue weighted by atomic mass is 10.1. The molecule has 0 aromatic carbocycles. The molecule has 0 aromatic rings. The van der Waals surface area contributed by atoms with Gasteiger partial charge in [-0.15, -0.1) is 0 Å². The largest absolute Gasteiger partial charge is 0.396 e. The maximum Gasteiger partial charge on any atom is 0.0456 e. The molecule has 0 radical (unpaired) electrons. The van der Waals surface area contributed by atoms with Gasteiger partial charge in [0.05, 0.1) is 0 Å². The highest BCUT2D eigenvalue weighted by Crippen LogP contribution is 2.04. The SMILES string of the molecule is CCCCC(C)CO. The van der Waals surface area contributed by atoms with Crippen molar-refractivity contribution in [3.63, 3.8) is 0 Å². The van der Waals surface area contributed by atoms with Crippen LogP contribution in [0.15, 0.2) is 0 Å². The molecule has 0 saturated carbocycles. The van der Waals surface area contributed by atoms with Crippen LogP contribution in [-0.4, -0.2) is 11.7 Å². The summed E-state index contributed by atoms with van der Waals surface area (Å²) in [5.74, 6) is 0.509. The van der Waals surface area contributed by atoms with E-state index in [9.17, 15) is 0 Å². The van der Waals surface area contributed by atoms with Crippen molar-refractivity contribution in [3.8, 4) is 0 Å². The number of aliphatic hydroxyl groups excluding tert-OH is 1. The van der Waals surface area contributed by atoms with Crippen molar-refractivity contribution >= 4 is 0 Å². The molecule has 1 unspecified atom stereocenters. The van der Waals surface area contributed by atoms with Crippen LogP contribution in [0.25, 0.3) is 0 Å². The van der Waals surface area contributed by atoms with E-state index in [1.807, 2.05) is 0 Å². The second kappa shape index (κ2) is 5.10. The highest BCUT2D eigenvalue weighted by molar-refractivity contribution is 4.48. The highest BCUT2D eigenvalue weighted by atomic mass is 16.3. The lowest BCUT2D eigenvalue weighted by Gasteiger charge is -2.03. The van der Waals surface area contributed by atoms with Crippen molar-refractivity contribution in [2.75, 3.05) is 6.61 Å². The molecule has 0 spiro atoms. The van der Waals surface area contributed by atoms with Crippen LogP contribution in [0, 0.1) is 5.92 Å². The van der Waals surface area contributed by atoms with E-state index in [2.05, 4.69) is 13.8 Å². The van der Waals surface area contributed by atoms with Crippen molar-refractivity contribution in [1.82, 2.24) is 0 Å². The summed E-state index contributed by atoms with van der Waals surface area (Å²) in [6.45, 7) is 4.60. The van der Waals surface area contributed by atoms with Gasteiger partial charge in [0.25, 0.3) is 0 Å². The summed E-state index contributed by atoms with van der Waals surface area (Å²) in [4.78, 5) is 0. The Bertz CT molecular complexity index is 43.7. The fraction of sp³-hybridized carbons (Fsp3) is 1.00. The average molecular weight is 116 g/mol. The second-order valence-electron chi connectivity index (χ2n) is 2.43. The molecule has 50 valence electrons. The molecule has 0 fully saturated rings. The Morgan fingerprint density at radius 2 is 2.12 bits per heavy atom. The Kier molecular flexibility index (Phi) is 5.08. The molecule has 1 N–H and O–H groups in total. The first-order chi connectivity index (χ1) is 3.81. The fourth-order valence-electron chi connectivity index (χ4n) is 0.644. The first-order valence-corrected chi connectivity index (χ1v) is 3.42. The second-order valence-corrected chi connectivity index (χ2v) is 2.43. The molecule has 0 aliphatic carbocycles. The van der Waals surface area contributed by atoms with Gasteiger partial charge < -0.3 is 5.11 Å². The summed E-state index contributed by atoms with van der Waals surface area (Å²) in [7, 11) is 0. The molecule has 0 saturated heterocycles. The maximum atomic E-state index is 8.56. The summed E-state index contributed by atoms with van der Waals surface area (Å²) >= 11 is 0. The Hall–Kier alpha value is -0.0400. The number of hydrogen-bond acceptors (Lipinski definition) is 1. The average Bonchev–Trinajstić information content (AvgIpc) is 1.83. The van der Waals surface area contributed by atoms with E-state index < -0.39 is 0 Å². The predicted molar refractivity (Wildman–Crippen MR) is 35.8 cm³/mol. The minimum Gasteiger partial charge on any atom is -0.396 e. The molecule has 0 aliphatic rings. The van der Waals surface area contributed by atoms with E-state index in [4.69, 9.17) is 5.11 Å². The van der Waals surface area contributed by atoms with Crippen LogP contribution >= 0.6 is 0 Å². The van der Waals surface area contributed by atoms with Gasteiger partial charge >= 0.3 is 0 Å². The van der Waals surface area contributed by atoms with Crippen LogP contribution in [0.5, 0.6) is 0 Å². The lowest BCUT2D eigenvalue weighted by Crippen LogP contribution is -1.98. The van der Waals surface area contributed by atoms with Crippen LogP contribution in [-0.2, 0) is 0 Å². The Labute approximate surface area is 51.7 Å². The molecule has 0 rings (SSSR count). The molecule has 0 aliphatic heterocycles. The van der Waals surface area contributed by atoms with E-state index >= 15 is 0 Å². The van der Waals surface area contributed by atoms with Crippen molar-refractivity contribution < 1.29 is 5.11 Å². The minimum absolute atomic E-state index is 0.347. The molecule has 1 nitrogen and oxygen atoms in total. The van der Waals surface area contributed by atoms with Crippen molar-refractivity contribution in [3.05, 3.63) is 0 Å². The summed E-state index contributed by atoms with van der Waals surface area (Å²) in [6, 6.07) is 0. The molecule has 0 heterocycles. The number of rotatable bonds is 4. The molecule has 0 bridgehead atoms. The monoisotopic (exact) mass is 116 g/mol. The Morgan fingerprint density at radius 3 is 2.50 bits per heavy atom. The predicted octanol–water partition coefficient (Wildman–Crippen LogP) is 1.81. The standard InChI is InChI=1S/C7H16O/c1-3-4-5-7(2)6-8/h7-8H,3-6H2,1-2H3. The van der Waals surface area contributed by atoms with Crippen molar-refractivity contribution in [1.29, 1.82) is 0 Å². The summed E-state index contributed by atoms with van der Waals surface area (Å²) in [5, 5.41) is 8.56. The summed E-state index contributed by atoms with van der Waals surface area (Å²) in [6.07, 6.45) is 3.67. The first kappa shape index (κ1) is 7.96. The maximum absolute atomic E-state index is 8.56. The van der Waals surface area contributed by atoms with Gasteiger partial charge in [0.1, 0.15) is 0 Å². The van der Waals surface area contributed by atoms with E-state index in [-0.39, 0.29) is 0 Å². The first-order valence-electron chi connectivity index (χ1n) is 3.42. The van der Waals surface area contributed by atoms with Crippen molar-refractivity contribution in [2.45, 2.75) is 33.1 Å². The Morgan fingerprint density at radius 1 is 1.50 bits per heavy atom. The minimum atomic E-state index is 0.347. The molecule has 1 heteroatoms. The molecular formula is C7H16O. The third-order valence-corrected chi connectivity index (χ3v) is 1.36. The zero-order valence-corrected chi connectivity index (χ0v) is 5.85. The van der Waals surface area contributed by atoms with Gasteiger partial charge in [-0.25, -0.2) is 0 Å². The number of aliphatic hydroxyl groups is 1. The molecule has 0 amide bonds. The van der Waals surface area contributed by atoms with E-state index in [0.717, 1.165) is 0 Å². The highest BCUT2D eigenvalue weighted by Gasteiger charge is 1.95. The molecule has 8 heavy (non-hydrogen) atoms. The molecule has 1 atom stereocenters. The fourth-order valence-corrected chi connectivity index (χ4v) is 0.644. The smallest absolute Gasteiger partial charge is 0.0456 e. The van der Waals surface area contributed by atoms with Crippen LogP contribution in [0.3, 0.4) is 0 Å². The third kappa shape index (κ3) is 4.13. The number of unbranched alkanes of at least 4 members (excludes halogenated alkanes) is 1. The van der Waals surface area contributed by atoms with E-state index in [1.54, 1.807) is 0 Å². The van der Waals surface area contributed by atoms with Crippen LogP contribution in [0.4, 0.5) is 0 Å². The number of hydrogen-bond donors (Lipinski definition) is 1. The summed E-state index contributed by atoms with van der Waals surface area (Å²) < 4.78 is 0. The van der Waals surface area contributed by atoms with Gasteiger partial charge in [0.15, 0.2) is 0 Å². The van der Waals surface area contributed by atoms with Gasteiger partial charge in [-0.3, -0.25) is 0 Å². The van der Waals surface area contributed by atoms with Crippen molar-refractivity contribution in [2.24, 2.45) is 5.92 Å². The molecular weight excluding hydrogens is 100 g/mol. The zero-order chi connectivity index (χ0) is 6.41. The van der Waals surface area contributed by atoms with E-state index in [0.29, 0.717) is 12.5 Å². The van der Waals surface area contributed by atoms with Gasteiger partial charge in [0, 0.05) is 6.61 Å². The van der Waals surface area contributed by atoms with E-state index in [1.165, 1.54) is 19.3 Å².